The third kappa shape index (κ3) is 2.80. The molecule has 3 N–H and O–H groups in total. The van der Waals surface area contributed by atoms with Crippen LogP contribution < -0.4 is 16.2 Å². The number of rotatable bonds is 4. The Balaban J connectivity index is 1.84. The van der Waals surface area contributed by atoms with Crippen LogP contribution in [0.4, 0.5) is 5.82 Å². The summed E-state index contributed by atoms with van der Waals surface area (Å²) >= 11 is 0. The third-order valence-corrected chi connectivity index (χ3v) is 2.07. The standard InChI is InChI=1S/C9H12N4O2/c14-7(13-6-1-2-6)5-12-8-9(15)11-4-3-10-8/h3-4,6H,1-2,5H2,(H,10,12)(H,11,15)(H,13,14). The highest BCUT2D eigenvalue weighted by molar-refractivity contribution is 5.80. The van der Waals surface area contributed by atoms with Gasteiger partial charge in [-0.3, -0.25) is 9.59 Å². The van der Waals surface area contributed by atoms with Crippen molar-refractivity contribution in [2.75, 3.05) is 11.9 Å². The Morgan fingerprint density at radius 1 is 1.60 bits per heavy atom. The highest BCUT2D eigenvalue weighted by atomic mass is 16.2. The van der Waals surface area contributed by atoms with Crippen LogP contribution in [0.3, 0.4) is 0 Å². The van der Waals surface area contributed by atoms with E-state index in [1.807, 2.05) is 0 Å². The molecule has 6 heteroatoms. The van der Waals surface area contributed by atoms with E-state index in [0.29, 0.717) is 6.04 Å². The van der Waals surface area contributed by atoms with Gasteiger partial charge in [0.25, 0.3) is 5.56 Å². The number of anilines is 1. The first-order valence-corrected chi connectivity index (χ1v) is 4.82. The number of H-pyrrole nitrogens is 1. The molecule has 1 fully saturated rings. The Morgan fingerprint density at radius 2 is 2.40 bits per heavy atom. The van der Waals surface area contributed by atoms with Crippen LogP contribution in [0.1, 0.15) is 12.8 Å². The quantitative estimate of drug-likeness (QED) is 0.620. The maximum absolute atomic E-state index is 11.3. The number of amides is 1. The molecule has 0 aromatic carbocycles. The fourth-order valence-corrected chi connectivity index (χ4v) is 1.15. The van der Waals surface area contributed by atoms with Gasteiger partial charge < -0.3 is 15.6 Å². The Labute approximate surface area is 86.1 Å². The van der Waals surface area contributed by atoms with E-state index in [1.165, 1.54) is 12.4 Å². The minimum absolute atomic E-state index is 0.0800. The Hall–Kier alpha value is -1.85. The van der Waals surface area contributed by atoms with Gasteiger partial charge in [-0.05, 0) is 12.8 Å². The molecule has 0 aliphatic heterocycles. The predicted molar refractivity (Wildman–Crippen MR) is 54.5 cm³/mol. The van der Waals surface area contributed by atoms with Crippen molar-refractivity contribution in [1.82, 2.24) is 15.3 Å². The molecule has 0 spiro atoms. The van der Waals surface area contributed by atoms with Crippen LogP contribution in [0, 0.1) is 0 Å². The summed E-state index contributed by atoms with van der Waals surface area (Å²) in [6.45, 7) is 0.0800. The predicted octanol–water partition coefficient (Wildman–Crippen LogP) is -0.540. The zero-order chi connectivity index (χ0) is 10.7. The van der Waals surface area contributed by atoms with Crippen molar-refractivity contribution in [2.45, 2.75) is 18.9 Å². The summed E-state index contributed by atoms with van der Waals surface area (Å²) in [5, 5.41) is 5.48. The second-order valence-corrected chi connectivity index (χ2v) is 3.46. The molecule has 1 aromatic heterocycles. The number of aromatic nitrogens is 2. The van der Waals surface area contributed by atoms with Crippen LogP contribution in [0.2, 0.25) is 0 Å². The largest absolute Gasteiger partial charge is 0.356 e. The topological polar surface area (TPSA) is 86.9 Å². The van der Waals surface area contributed by atoms with E-state index in [2.05, 4.69) is 20.6 Å². The monoisotopic (exact) mass is 208 g/mol. The molecular formula is C9H12N4O2. The minimum atomic E-state index is -0.322. The SMILES string of the molecule is O=C(CNc1ncc[nH]c1=O)NC1CC1. The normalized spacial score (nSPS) is 14.7. The summed E-state index contributed by atoms with van der Waals surface area (Å²) in [6.07, 6.45) is 5.01. The lowest BCUT2D eigenvalue weighted by Gasteiger charge is -2.04. The van der Waals surface area contributed by atoms with Crippen molar-refractivity contribution >= 4 is 11.7 Å². The number of nitrogens with zero attached hydrogens (tertiary/aromatic N) is 1. The van der Waals surface area contributed by atoms with Gasteiger partial charge in [0.05, 0.1) is 6.54 Å². The molecule has 1 aliphatic rings. The zero-order valence-corrected chi connectivity index (χ0v) is 8.12. The molecule has 80 valence electrons. The minimum Gasteiger partial charge on any atom is -0.356 e. The lowest BCUT2D eigenvalue weighted by molar-refractivity contribution is -0.119. The van der Waals surface area contributed by atoms with Crippen LogP contribution >= 0.6 is 0 Å². The van der Waals surface area contributed by atoms with Crippen LogP contribution in [0.5, 0.6) is 0 Å². The highest BCUT2D eigenvalue weighted by Crippen LogP contribution is 2.18. The van der Waals surface area contributed by atoms with Crippen molar-refractivity contribution in [3.8, 4) is 0 Å². The van der Waals surface area contributed by atoms with Gasteiger partial charge in [-0.25, -0.2) is 4.98 Å². The first-order valence-electron chi connectivity index (χ1n) is 4.82. The van der Waals surface area contributed by atoms with Crippen LogP contribution in [-0.4, -0.2) is 28.5 Å². The van der Waals surface area contributed by atoms with Gasteiger partial charge in [-0.15, -0.1) is 0 Å². The molecule has 1 heterocycles. The van der Waals surface area contributed by atoms with Gasteiger partial charge in [0.2, 0.25) is 5.91 Å². The van der Waals surface area contributed by atoms with E-state index in [0.717, 1.165) is 12.8 Å². The summed E-state index contributed by atoms with van der Waals surface area (Å²) in [5.74, 6) is 0.0611. The average molecular weight is 208 g/mol. The molecule has 0 bridgehead atoms. The summed E-state index contributed by atoms with van der Waals surface area (Å²) in [5.41, 5.74) is -0.322. The first-order chi connectivity index (χ1) is 7.25. The van der Waals surface area contributed by atoms with E-state index in [1.54, 1.807) is 0 Å². The van der Waals surface area contributed by atoms with Gasteiger partial charge in [-0.1, -0.05) is 0 Å². The molecule has 1 amide bonds. The number of carbonyl (C=O) groups is 1. The maximum atomic E-state index is 11.3. The molecule has 0 unspecified atom stereocenters. The molecule has 2 rings (SSSR count). The summed E-state index contributed by atoms with van der Waals surface area (Å²) in [6, 6.07) is 0.335. The van der Waals surface area contributed by atoms with Crippen molar-refractivity contribution in [2.24, 2.45) is 0 Å². The molecule has 1 aliphatic carbocycles. The van der Waals surface area contributed by atoms with Gasteiger partial charge in [0.15, 0.2) is 5.82 Å². The van der Waals surface area contributed by atoms with E-state index in [4.69, 9.17) is 0 Å². The maximum Gasteiger partial charge on any atom is 0.290 e. The van der Waals surface area contributed by atoms with Crippen LogP contribution in [0.15, 0.2) is 17.2 Å². The zero-order valence-electron chi connectivity index (χ0n) is 8.12. The third-order valence-electron chi connectivity index (χ3n) is 2.07. The molecule has 15 heavy (non-hydrogen) atoms. The molecule has 0 atom stereocenters. The fraction of sp³-hybridized carbons (Fsp3) is 0.444. The number of hydrogen-bond acceptors (Lipinski definition) is 4. The number of nitrogens with one attached hydrogen (secondary N) is 3. The van der Waals surface area contributed by atoms with Gasteiger partial charge in [0, 0.05) is 18.4 Å². The number of aromatic amines is 1. The second kappa shape index (κ2) is 4.12. The number of hydrogen-bond donors (Lipinski definition) is 3. The summed E-state index contributed by atoms with van der Waals surface area (Å²) < 4.78 is 0. The van der Waals surface area contributed by atoms with Crippen molar-refractivity contribution in [1.29, 1.82) is 0 Å². The fourth-order valence-electron chi connectivity index (χ4n) is 1.15. The average Bonchev–Trinajstić information content (AvgIpc) is 3.00. The first kappa shape index (κ1) is 9.70. The van der Waals surface area contributed by atoms with Gasteiger partial charge in [0.1, 0.15) is 0 Å². The Bertz CT molecular complexity index is 411. The van der Waals surface area contributed by atoms with E-state index in [-0.39, 0.29) is 23.8 Å². The molecular weight excluding hydrogens is 196 g/mol. The van der Waals surface area contributed by atoms with E-state index >= 15 is 0 Å². The Morgan fingerprint density at radius 3 is 3.07 bits per heavy atom. The van der Waals surface area contributed by atoms with Gasteiger partial charge >= 0.3 is 0 Å². The van der Waals surface area contributed by atoms with Crippen LogP contribution in [-0.2, 0) is 4.79 Å². The summed E-state index contributed by atoms with van der Waals surface area (Å²) in [7, 11) is 0. The van der Waals surface area contributed by atoms with E-state index in [9.17, 15) is 9.59 Å². The van der Waals surface area contributed by atoms with Crippen molar-refractivity contribution < 1.29 is 4.79 Å². The molecule has 0 saturated heterocycles. The number of carbonyl (C=O) groups excluding carboxylic acids is 1. The molecule has 0 radical (unpaired) electrons. The lowest BCUT2D eigenvalue weighted by atomic mass is 10.5. The Kier molecular flexibility index (Phi) is 2.66. The molecule has 6 nitrogen and oxygen atoms in total. The summed E-state index contributed by atoms with van der Waals surface area (Å²) in [4.78, 5) is 28.7. The molecule has 1 aromatic rings. The van der Waals surface area contributed by atoms with Gasteiger partial charge in [-0.2, -0.15) is 0 Å². The van der Waals surface area contributed by atoms with E-state index < -0.39 is 0 Å². The van der Waals surface area contributed by atoms with Crippen molar-refractivity contribution in [3.63, 3.8) is 0 Å². The lowest BCUT2D eigenvalue weighted by Crippen LogP contribution is -2.32. The highest BCUT2D eigenvalue weighted by Gasteiger charge is 2.22. The smallest absolute Gasteiger partial charge is 0.290 e. The second-order valence-electron chi connectivity index (χ2n) is 3.46. The van der Waals surface area contributed by atoms with Crippen molar-refractivity contribution in [3.05, 3.63) is 22.7 Å². The van der Waals surface area contributed by atoms with Crippen LogP contribution in [0.25, 0.3) is 0 Å². The molecule has 1 saturated carbocycles.